The standard InChI is InChI=1S/C56H74N14O10/c1-31(2)46(68-49(73)41(16-10-22-61-56(58)59)64-48(72)39(57)24-34-18-20-37(71)21-19-34)52(76)65-42(25-33-12-6-5-7-13-33)50(74)69-47(32(3)4)53(77)66-43(27-36-29-60-30-63-36)54(78)70-23-11-17-45(70)51(75)67-44(55(79)80)26-35-28-62-40-15-9-8-14-38(35)40/h5-9,12-15,18-21,28-32,39,41-47,62,71H,10-11,16-17,22-27,57H2,1-4H3,(H,60,63)(H,64,72)(H,65,76)(H,66,77)(H,67,75)(H,68,73)(H,69,74)(H,79,80)(H4,58,59,61)/t39-,41-,42-,43-,44-,45-,46-,47-/m0/s1. The molecule has 0 saturated carbocycles. The molecule has 5 aromatic rings. The van der Waals surface area contributed by atoms with E-state index >= 15 is 0 Å². The van der Waals surface area contributed by atoms with Gasteiger partial charge in [0.1, 0.15) is 48.0 Å². The average molecular weight is 1100 g/mol. The number of carboxylic acid groups (broad SMARTS) is 1. The number of carboxylic acids is 1. The molecule has 24 nitrogen and oxygen atoms in total. The highest BCUT2D eigenvalue weighted by Crippen LogP contribution is 2.23. The number of aliphatic imine (C=N–C) groups is 1. The number of nitrogens with one attached hydrogen (secondary N) is 8. The van der Waals surface area contributed by atoms with Crippen molar-refractivity contribution < 1.29 is 48.6 Å². The van der Waals surface area contributed by atoms with Crippen LogP contribution in [0, 0.1) is 11.8 Å². The van der Waals surface area contributed by atoms with Gasteiger partial charge in [-0.05, 0) is 78.8 Å². The fraction of sp³-hybridized carbons (Fsp3) is 0.429. The first-order chi connectivity index (χ1) is 38.2. The Morgan fingerprint density at radius 3 is 1.93 bits per heavy atom. The van der Waals surface area contributed by atoms with Gasteiger partial charge in [-0.25, -0.2) is 9.78 Å². The maximum atomic E-state index is 14.6. The van der Waals surface area contributed by atoms with Crippen molar-refractivity contribution in [1.82, 2.24) is 51.8 Å². The number of hydrogen-bond donors (Lipinski definition) is 13. The summed E-state index contributed by atoms with van der Waals surface area (Å²) >= 11 is 0. The third kappa shape index (κ3) is 17.1. The Morgan fingerprint density at radius 2 is 1.30 bits per heavy atom. The van der Waals surface area contributed by atoms with Gasteiger partial charge >= 0.3 is 5.97 Å². The van der Waals surface area contributed by atoms with Gasteiger partial charge in [0.25, 0.3) is 0 Å². The molecule has 0 spiro atoms. The van der Waals surface area contributed by atoms with Gasteiger partial charge in [-0.15, -0.1) is 0 Å². The minimum atomic E-state index is -1.32. The highest BCUT2D eigenvalue weighted by atomic mass is 16.4. The number of hydrogen-bond acceptors (Lipinski definition) is 12. The minimum absolute atomic E-state index is 0.0243. The van der Waals surface area contributed by atoms with E-state index in [0.29, 0.717) is 28.8 Å². The molecule has 428 valence electrons. The lowest BCUT2D eigenvalue weighted by atomic mass is 9.98. The molecule has 0 aliphatic carbocycles. The lowest BCUT2D eigenvalue weighted by Gasteiger charge is -2.31. The molecule has 2 aromatic heterocycles. The first kappa shape index (κ1) is 60.4. The summed E-state index contributed by atoms with van der Waals surface area (Å²) in [6, 6.07) is 12.5. The maximum Gasteiger partial charge on any atom is 0.326 e. The Balaban J connectivity index is 1.17. The number of carbonyl (C=O) groups excluding carboxylic acids is 7. The molecule has 8 atom stereocenters. The van der Waals surface area contributed by atoms with E-state index in [1.54, 1.807) is 76.4 Å². The van der Waals surface area contributed by atoms with Crippen LogP contribution in [-0.4, -0.2) is 145 Å². The number of guanidine groups is 1. The summed E-state index contributed by atoms with van der Waals surface area (Å²) in [5.74, 6) is -7.43. The Hall–Kier alpha value is -8.80. The zero-order valence-electron chi connectivity index (χ0n) is 45.3. The lowest BCUT2D eigenvalue weighted by Crippen LogP contribution is -2.62. The highest BCUT2D eigenvalue weighted by molar-refractivity contribution is 5.98. The first-order valence-electron chi connectivity index (χ1n) is 26.7. The van der Waals surface area contributed by atoms with Crippen LogP contribution in [0.4, 0.5) is 0 Å². The minimum Gasteiger partial charge on any atom is -0.508 e. The quantitative estimate of drug-likeness (QED) is 0.0185. The van der Waals surface area contributed by atoms with Gasteiger partial charge in [-0.3, -0.25) is 38.6 Å². The maximum absolute atomic E-state index is 14.6. The van der Waals surface area contributed by atoms with Crippen molar-refractivity contribution in [2.75, 3.05) is 13.1 Å². The van der Waals surface area contributed by atoms with Crippen molar-refractivity contribution in [3.8, 4) is 5.75 Å². The summed E-state index contributed by atoms with van der Waals surface area (Å²) in [5.41, 5.74) is 20.6. The zero-order chi connectivity index (χ0) is 58.0. The number of aliphatic carboxylic acids is 1. The number of nitrogens with two attached hydrogens (primary N) is 3. The summed E-state index contributed by atoms with van der Waals surface area (Å²) in [5, 5.41) is 37.2. The summed E-state index contributed by atoms with van der Waals surface area (Å²) in [4.78, 5) is 128. The number of aromatic hydroxyl groups is 1. The van der Waals surface area contributed by atoms with Crippen molar-refractivity contribution >= 4 is 64.2 Å². The molecule has 1 aliphatic rings. The van der Waals surface area contributed by atoms with Gasteiger partial charge in [-0.2, -0.15) is 0 Å². The number of benzene rings is 3. The zero-order valence-corrected chi connectivity index (χ0v) is 45.3. The molecule has 1 saturated heterocycles. The summed E-state index contributed by atoms with van der Waals surface area (Å²) in [7, 11) is 0. The smallest absolute Gasteiger partial charge is 0.326 e. The fourth-order valence-electron chi connectivity index (χ4n) is 9.50. The van der Waals surface area contributed by atoms with Crippen molar-refractivity contribution in [3.63, 3.8) is 0 Å². The molecule has 6 rings (SSSR count). The molecule has 16 N–H and O–H groups in total. The average Bonchev–Trinajstić information content (AvgIpc) is 4.28. The highest BCUT2D eigenvalue weighted by Gasteiger charge is 2.41. The third-order valence-corrected chi connectivity index (χ3v) is 13.9. The van der Waals surface area contributed by atoms with E-state index in [1.165, 1.54) is 29.6 Å². The second kappa shape index (κ2) is 28.7. The van der Waals surface area contributed by atoms with E-state index in [4.69, 9.17) is 17.2 Å². The van der Waals surface area contributed by atoms with E-state index in [9.17, 15) is 48.6 Å². The van der Waals surface area contributed by atoms with E-state index in [0.717, 1.165) is 10.9 Å². The molecule has 80 heavy (non-hydrogen) atoms. The number of H-pyrrole nitrogens is 2. The third-order valence-electron chi connectivity index (χ3n) is 13.9. The topological polar surface area (TPSA) is 387 Å². The van der Waals surface area contributed by atoms with Crippen molar-refractivity contribution in [2.45, 2.75) is 127 Å². The Morgan fingerprint density at radius 1 is 0.688 bits per heavy atom. The van der Waals surface area contributed by atoms with Gasteiger partial charge in [0.05, 0.1) is 12.4 Å². The second-order valence-corrected chi connectivity index (χ2v) is 20.7. The molecule has 1 aliphatic heterocycles. The first-order valence-corrected chi connectivity index (χ1v) is 26.7. The van der Waals surface area contributed by atoms with Crippen molar-refractivity contribution in [2.24, 2.45) is 34.0 Å². The molecule has 1 fully saturated rings. The number of rotatable bonds is 28. The number of aromatic amines is 2. The van der Waals surface area contributed by atoms with Crippen LogP contribution in [0.5, 0.6) is 5.75 Å². The fourth-order valence-corrected chi connectivity index (χ4v) is 9.50. The van der Waals surface area contributed by atoms with Gasteiger partial charge in [-0.1, -0.05) is 88.4 Å². The number of aromatic nitrogens is 3. The Kier molecular flexibility index (Phi) is 21.7. The molecular weight excluding hydrogens is 1030 g/mol. The number of phenolic OH excluding ortho intramolecular Hbond substituents is 1. The van der Waals surface area contributed by atoms with Crippen LogP contribution in [-0.2, 0) is 64.0 Å². The molecule has 0 bridgehead atoms. The van der Waals surface area contributed by atoms with Crippen molar-refractivity contribution in [3.05, 3.63) is 120 Å². The van der Waals surface area contributed by atoms with Gasteiger partial charge in [0.2, 0.25) is 41.4 Å². The van der Waals surface area contributed by atoms with Crippen molar-refractivity contribution in [1.29, 1.82) is 0 Å². The van der Waals surface area contributed by atoms with Crippen LogP contribution < -0.4 is 49.1 Å². The van der Waals surface area contributed by atoms with Crippen LogP contribution in [0.1, 0.15) is 75.8 Å². The number of para-hydroxylation sites is 1. The van der Waals surface area contributed by atoms with E-state index in [-0.39, 0.29) is 69.7 Å². The number of imidazole rings is 1. The predicted octanol–water partition coefficient (Wildman–Crippen LogP) is 0.545. The summed E-state index contributed by atoms with van der Waals surface area (Å²) < 4.78 is 0. The number of likely N-dealkylation sites (tertiary alicyclic amines) is 1. The van der Waals surface area contributed by atoms with Crippen LogP contribution in [0.3, 0.4) is 0 Å². The monoisotopic (exact) mass is 1100 g/mol. The van der Waals surface area contributed by atoms with E-state index in [1.807, 2.05) is 24.3 Å². The predicted molar refractivity (Wildman–Crippen MR) is 298 cm³/mol. The van der Waals surface area contributed by atoms with E-state index < -0.39 is 107 Å². The number of carbonyl (C=O) groups is 8. The lowest BCUT2D eigenvalue weighted by molar-refractivity contribution is -0.145. The summed E-state index contributed by atoms with van der Waals surface area (Å²) in [6.45, 7) is 7.02. The molecule has 24 heteroatoms. The van der Waals surface area contributed by atoms with Crippen LogP contribution in [0.15, 0.2) is 103 Å². The normalized spacial score (nSPS) is 15.8. The Bertz CT molecular complexity index is 2940. The number of nitrogens with zero attached hydrogens (tertiary/aromatic N) is 3. The van der Waals surface area contributed by atoms with Crippen LogP contribution >= 0.6 is 0 Å². The number of amides is 7. The van der Waals surface area contributed by atoms with Crippen LogP contribution in [0.2, 0.25) is 0 Å². The second-order valence-electron chi connectivity index (χ2n) is 20.7. The van der Waals surface area contributed by atoms with Gasteiger partial charge in [0, 0.05) is 61.3 Å². The number of phenols is 1. The largest absolute Gasteiger partial charge is 0.508 e. The molecular formula is C56H74N14O10. The molecule has 0 radical (unpaired) electrons. The van der Waals surface area contributed by atoms with Crippen LogP contribution in [0.25, 0.3) is 10.9 Å². The van der Waals surface area contributed by atoms with Gasteiger partial charge < -0.3 is 74.2 Å². The molecule has 0 unspecified atom stereocenters. The molecule has 7 amide bonds. The molecule has 3 heterocycles. The van der Waals surface area contributed by atoms with E-state index in [2.05, 4.69) is 51.8 Å². The SMILES string of the molecule is CC(C)[C@H](NC(=O)[C@H](CCCN=C(N)N)NC(=O)[C@@H](N)Cc1ccc(O)cc1)C(=O)N[C@@H](Cc1ccccc1)C(=O)N[C@H](C(=O)N[C@@H](Cc1cnc[nH]1)C(=O)N1CCC[C@H]1C(=O)N[C@@H](Cc1c[nH]c2ccccc12)C(=O)O)C(C)C. The van der Waals surface area contributed by atoms with Gasteiger partial charge in [0.15, 0.2) is 5.96 Å². The molecule has 3 aromatic carbocycles. The summed E-state index contributed by atoms with van der Waals surface area (Å²) in [6.07, 6.45) is 5.47. The number of fused-ring (bicyclic) bond motifs is 1. The Labute approximate surface area is 463 Å².